The summed E-state index contributed by atoms with van der Waals surface area (Å²) in [5.41, 5.74) is 2.58. The minimum atomic E-state index is -3.17. The molecule has 2 fully saturated rings. The van der Waals surface area contributed by atoms with Crippen molar-refractivity contribution in [1.82, 2.24) is 9.62 Å². The van der Waals surface area contributed by atoms with Gasteiger partial charge in [-0.3, -0.25) is 4.79 Å². The molecular formula is C23H36N2O3S. The molecule has 0 aromatic heterocycles. The lowest BCUT2D eigenvalue weighted by atomic mass is 9.83. The van der Waals surface area contributed by atoms with Crippen LogP contribution in [-0.2, 0) is 14.8 Å². The van der Waals surface area contributed by atoms with Gasteiger partial charge in [-0.2, -0.15) is 0 Å². The first-order valence-corrected chi connectivity index (χ1v) is 13.0. The molecule has 1 aliphatic carbocycles. The predicted molar refractivity (Wildman–Crippen MR) is 117 cm³/mol. The first kappa shape index (κ1) is 22.3. The van der Waals surface area contributed by atoms with Crippen molar-refractivity contribution in [3.05, 3.63) is 35.4 Å². The van der Waals surface area contributed by atoms with Crippen LogP contribution < -0.4 is 5.32 Å². The fourth-order valence-electron chi connectivity index (χ4n) is 4.77. The van der Waals surface area contributed by atoms with Gasteiger partial charge in [0, 0.05) is 19.0 Å². The molecule has 1 aliphatic heterocycles. The van der Waals surface area contributed by atoms with Crippen molar-refractivity contribution in [1.29, 1.82) is 0 Å². The van der Waals surface area contributed by atoms with Crippen molar-refractivity contribution >= 4 is 15.9 Å². The van der Waals surface area contributed by atoms with Crippen molar-refractivity contribution in [2.75, 3.05) is 19.3 Å². The molecule has 1 saturated heterocycles. The molecule has 0 spiro atoms. The number of rotatable bonds is 6. The smallest absolute Gasteiger partial charge is 0.223 e. The lowest BCUT2D eigenvalue weighted by molar-refractivity contribution is -0.127. The minimum Gasteiger partial charge on any atom is -0.349 e. The van der Waals surface area contributed by atoms with E-state index >= 15 is 0 Å². The molecule has 5 nitrogen and oxygen atoms in total. The molecule has 1 aromatic rings. The standard InChI is InChI=1S/C23H36N2O3S/c1-17(2)22(20-11-9-19(10-12-20)18-7-5-4-6-8-18)24-23(26)21-13-15-25(16-14-21)29(3,27)28/h9-12,17-18,21-22H,4-8,13-16H2,1-3H3,(H,24,26)/t22-/m1/s1. The van der Waals surface area contributed by atoms with Crippen LogP contribution in [0.15, 0.2) is 24.3 Å². The Bertz CT molecular complexity index is 775. The Morgan fingerprint density at radius 3 is 2.10 bits per heavy atom. The van der Waals surface area contributed by atoms with Crippen LogP contribution in [0.5, 0.6) is 0 Å². The Labute approximate surface area is 176 Å². The van der Waals surface area contributed by atoms with Gasteiger partial charge >= 0.3 is 0 Å². The zero-order valence-electron chi connectivity index (χ0n) is 18.1. The van der Waals surface area contributed by atoms with Gasteiger partial charge in [0.25, 0.3) is 0 Å². The van der Waals surface area contributed by atoms with E-state index in [-0.39, 0.29) is 23.8 Å². The van der Waals surface area contributed by atoms with Gasteiger partial charge in [-0.1, -0.05) is 57.4 Å². The summed E-state index contributed by atoms with van der Waals surface area (Å²) in [6, 6.07) is 8.84. The second-order valence-corrected chi connectivity index (χ2v) is 11.2. The van der Waals surface area contributed by atoms with E-state index < -0.39 is 10.0 Å². The molecular weight excluding hydrogens is 384 g/mol. The number of nitrogens with zero attached hydrogens (tertiary/aromatic N) is 1. The molecule has 1 heterocycles. The molecule has 1 N–H and O–H groups in total. The molecule has 0 bridgehead atoms. The highest BCUT2D eigenvalue weighted by Gasteiger charge is 2.30. The van der Waals surface area contributed by atoms with E-state index in [1.165, 1.54) is 48.2 Å². The van der Waals surface area contributed by atoms with E-state index in [1.54, 1.807) is 0 Å². The fraction of sp³-hybridized carbons (Fsp3) is 0.696. The second kappa shape index (κ2) is 9.61. The lowest BCUT2D eigenvalue weighted by Gasteiger charge is -2.31. The monoisotopic (exact) mass is 420 g/mol. The molecule has 0 unspecified atom stereocenters. The van der Waals surface area contributed by atoms with Gasteiger partial charge in [-0.05, 0) is 48.6 Å². The highest BCUT2D eigenvalue weighted by Crippen LogP contribution is 2.33. The summed E-state index contributed by atoms with van der Waals surface area (Å²) in [6.45, 7) is 5.12. The van der Waals surface area contributed by atoms with E-state index in [2.05, 4.69) is 43.4 Å². The van der Waals surface area contributed by atoms with E-state index in [0.29, 0.717) is 31.8 Å². The number of benzene rings is 1. The summed E-state index contributed by atoms with van der Waals surface area (Å²) in [4.78, 5) is 12.9. The van der Waals surface area contributed by atoms with Gasteiger partial charge in [-0.25, -0.2) is 12.7 Å². The van der Waals surface area contributed by atoms with Gasteiger partial charge in [0.2, 0.25) is 15.9 Å². The van der Waals surface area contributed by atoms with Crippen LogP contribution in [-0.4, -0.2) is 38.0 Å². The first-order valence-electron chi connectivity index (χ1n) is 11.1. The van der Waals surface area contributed by atoms with Gasteiger partial charge in [0.1, 0.15) is 0 Å². The maximum Gasteiger partial charge on any atom is 0.223 e. The minimum absolute atomic E-state index is 0.0177. The molecule has 2 aliphatic rings. The lowest BCUT2D eigenvalue weighted by Crippen LogP contribution is -2.44. The van der Waals surface area contributed by atoms with Crippen LogP contribution in [0.3, 0.4) is 0 Å². The van der Waals surface area contributed by atoms with Crippen molar-refractivity contribution in [2.45, 2.75) is 70.8 Å². The molecule has 6 heteroatoms. The summed E-state index contributed by atoms with van der Waals surface area (Å²) < 4.78 is 24.8. The van der Waals surface area contributed by atoms with Crippen LogP contribution in [0.2, 0.25) is 0 Å². The maximum absolute atomic E-state index is 12.9. The summed E-state index contributed by atoms with van der Waals surface area (Å²) >= 11 is 0. The summed E-state index contributed by atoms with van der Waals surface area (Å²) in [5, 5.41) is 3.25. The molecule has 0 radical (unpaired) electrons. The third-order valence-corrected chi connectivity index (χ3v) is 7.93. The molecule has 1 saturated carbocycles. The Morgan fingerprint density at radius 2 is 1.59 bits per heavy atom. The van der Waals surface area contributed by atoms with E-state index in [4.69, 9.17) is 0 Å². The summed E-state index contributed by atoms with van der Waals surface area (Å²) in [6.07, 6.45) is 9.00. The predicted octanol–water partition coefficient (Wildman–Crippen LogP) is 4.22. The van der Waals surface area contributed by atoms with Crippen LogP contribution in [0.4, 0.5) is 0 Å². The molecule has 1 atom stereocenters. The molecule has 162 valence electrons. The van der Waals surface area contributed by atoms with Crippen LogP contribution in [0.1, 0.15) is 81.9 Å². The summed E-state index contributed by atoms with van der Waals surface area (Å²) in [7, 11) is -3.17. The zero-order chi connectivity index (χ0) is 21.0. The number of hydrogen-bond donors (Lipinski definition) is 1. The quantitative estimate of drug-likeness (QED) is 0.749. The first-order chi connectivity index (χ1) is 13.8. The van der Waals surface area contributed by atoms with E-state index in [0.717, 1.165) is 5.56 Å². The number of carbonyl (C=O) groups excluding carboxylic acids is 1. The number of hydrogen-bond acceptors (Lipinski definition) is 3. The average molecular weight is 421 g/mol. The maximum atomic E-state index is 12.9. The van der Waals surface area contributed by atoms with Crippen LogP contribution >= 0.6 is 0 Å². The van der Waals surface area contributed by atoms with Crippen molar-refractivity contribution < 1.29 is 13.2 Å². The highest BCUT2D eigenvalue weighted by molar-refractivity contribution is 7.88. The van der Waals surface area contributed by atoms with Crippen LogP contribution in [0.25, 0.3) is 0 Å². The third kappa shape index (κ3) is 5.82. The molecule has 1 amide bonds. The zero-order valence-corrected chi connectivity index (χ0v) is 18.9. The SMILES string of the molecule is CC(C)[C@@H](NC(=O)C1CCN(S(C)(=O)=O)CC1)c1ccc(C2CCCCC2)cc1. The normalized spacial score (nSPS) is 21.2. The third-order valence-electron chi connectivity index (χ3n) is 6.63. The van der Waals surface area contributed by atoms with Crippen LogP contribution in [0, 0.1) is 11.8 Å². The number of carbonyl (C=O) groups is 1. The van der Waals surface area contributed by atoms with E-state index in [1.807, 2.05) is 0 Å². The number of amides is 1. The topological polar surface area (TPSA) is 66.5 Å². The molecule has 29 heavy (non-hydrogen) atoms. The van der Waals surface area contributed by atoms with Gasteiger partial charge in [-0.15, -0.1) is 0 Å². The Kier molecular flexibility index (Phi) is 7.38. The van der Waals surface area contributed by atoms with Crippen molar-refractivity contribution in [2.24, 2.45) is 11.8 Å². The van der Waals surface area contributed by atoms with E-state index in [9.17, 15) is 13.2 Å². The second-order valence-electron chi connectivity index (χ2n) is 9.17. The fourth-order valence-corrected chi connectivity index (χ4v) is 5.64. The Morgan fingerprint density at radius 1 is 1.00 bits per heavy atom. The number of piperidine rings is 1. The van der Waals surface area contributed by atoms with Crippen molar-refractivity contribution in [3.63, 3.8) is 0 Å². The Balaban J connectivity index is 1.62. The molecule has 3 rings (SSSR count). The highest BCUT2D eigenvalue weighted by atomic mass is 32.2. The van der Waals surface area contributed by atoms with Gasteiger partial charge in [0.05, 0.1) is 12.3 Å². The van der Waals surface area contributed by atoms with Gasteiger partial charge < -0.3 is 5.32 Å². The number of sulfonamides is 1. The average Bonchev–Trinajstić information content (AvgIpc) is 2.72. The van der Waals surface area contributed by atoms with Gasteiger partial charge in [0.15, 0.2) is 0 Å². The largest absolute Gasteiger partial charge is 0.349 e. The number of nitrogens with one attached hydrogen (secondary N) is 1. The Hall–Kier alpha value is -1.40. The molecule has 1 aromatic carbocycles. The summed E-state index contributed by atoms with van der Waals surface area (Å²) in [5.74, 6) is 0.907. The van der Waals surface area contributed by atoms with Crippen molar-refractivity contribution in [3.8, 4) is 0 Å².